The van der Waals surface area contributed by atoms with Crippen molar-refractivity contribution in [2.24, 2.45) is 0 Å². The molecule has 0 saturated heterocycles. The Morgan fingerprint density at radius 1 is 1.44 bits per heavy atom. The fraction of sp³-hybridized carbons (Fsp3) is 0.400. The maximum absolute atomic E-state index is 8.79. The highest BCUT2D eigenvalue weighted by atomic mass is 16.3. The lowest BCUT2D eigenvalue weighted by Crippen LogP contribution is -2.10. The predicted octanol–water partition coefficient (Wildman–Crippen LogP) is 0.565. The van der Waals surface area contributed by atoms with Crippen molar-refractivity contribution in [3.05, 3.63) is 18.6 Å². The molecule has 0 fully saturated rings. The summed E-state index contributed by atoms with van der Waals surface area (Å²) in [4.78, 5) is 8.59. The zero-order chi connectivity index (χ0) is 11.4. The summed E-state index contributed by atoms with van der Waals surface area (Å²) in [6.07, 6.45) is 5.47. The molecule has 0 bridgehead atoms. The van der Waals surface area contributed by atoms with Gasteiger partial charge in [-0.3, -0.25) is 0 Å². The third kappa shape index (κ3) is 2.06. The first-order chi connectivity index (χ1) is 7.85. The van der Waals surface area contributed by atoms with Crippen LogP contribution in [-0.2, 0) is 0 Å². The average Bonchev–Trinajstić information content (AvgIpc) is 2.74. The van der Waals surface area contributed by atoms with Crippen LogP contribution in [-0.4, -0.2) is 39.2 Å². The summed E-state index contributed by atoms with van der Waals surface area (Å²) < 4.78 is 1.89. The van der Waals surface area contributed by atoms with Crippen LogP contribution in [0.2, 0.25) is 0 Å². The molecule has 6 heteroatoms. The second-order valence-corrected chi connectivity index (χ2v) is 3.31. The number of fused-ring (bicyclic) bond motifs is 1. The average molecular weight is 221 g/mol. The number of nitrogens with one attached hydrogen (secondary N) is 2. The number of aliphatic hydroxyl groups is 1. The fourth-order valence-electron chi connectivity index (χ4n) is 1.49. The first kappa shape index (κ1) is 10.7. The monoisotopic (exact) mass is 221 g/mol. The summed E-state index contributed by atoms with van der Waals surface area (Å²) in [6, 6.07) is 0. The summed E-state index contributed by atoms with van der Waals surface area (Å²) in [5.41, 5.74) is 0.759. The van der Waals surface area contributed by atoms with Crippen LogP contribution in [0.3, 0.4) is 0 Å². The molecule has 2 heterocycles. The Hall–Kier alpha value is -1.82. The van der Waals surface area contributed by atoms with Crippen molar-refractivity contribution in [2.45, 2.75) is 6.92 Å². The Labute approximate surface area is 93.3 Å². The molecule has 0 aliphatic rings. The van der Waals surface area contributed by atoms with Gasteiger partial charge >= 0.3 is 0 Å². The van der Waals surface area contributed by atoms with Gasteiger partial charge in [0.1, 0.15) is 5.82 Å². The van der Waals surface area contributed by atoms with Crippen LogP contribution < -0.4 is 10.6 Å². The molecule has 0 radical (unpaired) electrons. The number of aliphatic hydroxyl groups excluding tert-OH is 1. The Balaban J connectivity index is 2.38. The fourth-order valence-corrected chi connectivity index (χ4v) is 1.49. The predicted molar refractivity (Wildman–Crippen MR) is 62.7 cm³/mol. The molecule has 0 aliphatic heterocycles. The van der Waals surface area contributed by atoms with Gasteiger partial charge < -0.3 is 20.1 Å². The zero-order valence-corrected chi connectivity index (χ0v) is 9.14. The van der Waals surface area contributed by atoms with Crippen LogP contribution in [0, 0.1) is 0 Å². The van der Waals surface area contributed by atoms with Gasteiger partial charge in [0.25, 0.3) is 0 Å². The van der Waals surface area contributed by atoms with Gasteiger partial charge in [-0.15, -0.1) is 0 Å². The van der Waals surface area contributed by atoms with Crippen LogP contribution >= 0.6 is 0 Å². The second kappa shape index (κ2) is 4.80. The highest BCUT2D eigenvalue weighted by Crippen LogP contribution is 2.15. The molecule has 6 nitrogen and oxygen atoms in total. The number of anilines is 2. The van der Waals surface area contributed by atoms with E-state index >= 15 is 0 Å². The van der Waals surface area contributed by atoms with Gasteiger partial charge in [0.05, 0.1) is 12.8 Å². The largest absolute Gasteiger partial charge is 0.395 e. The number of aromatic nitrogens is 3. The summed E-state index contributed by atoms with van der Waals surface area (Å²) in [7, 11) is 0. The van der Waals surface area contributed by atoms with E-state index in [2.05, 4.69) is 20.6 Å². The molecule has 0 atom stereocenters. The number of nitrogens with zero attached hydrogens (tertiary/aromatic N) is 3. The van der Waals surface area contributed by atoms with E-state index in [0.717, 1.165) is 18.0 Å². The molecule has 0 unspecified atom stereocenters. The normalized spacial score (nSPS) is 10.6. The maximum Gasteiger partial charge on any atom is 0.180 e. The Morgan fingerprint density at radius 3 is 3.06 bits per heavy atom. The quantitative estimate of drug-likeness (QED) is 0.688. The van der Waals surface area contributed by atoms with Crippen LogP contribution in [0.4, 0.5) is 11.6 Å². The Morgan fingerprint density at radius 2 is 2.31 bits per heavy atom. The van der Waals surface area contributed by atoms with E-state index < -0.39 is 0 Å². The minimum Gasteiger partial charge on any atom is -0.395 e. The van der Waals surface area contributed by atoms with Crippen molar-refractivity contribution >= 4 is 17.3 Å². The lowest BCUT2D eigenvalue weighted by molar-refractivity contribution is 0.311. The highest BCUT2D eigenvalue weighted by molar-refractivity contribution is 5.65. The third-order valence-corrected chi connectivity index (χ3v) is 2.14. The molecular weight excluding hydrogens is 206 g/mol. The summed E-state index contributed by atoms with van der Waals surface area (Å²) in [5.74, 6) is 1.46. The van der Waals surface area contributed by atoms with Gasteiger partial charge in [-0.05, 0) is 6.92 Å². The first-order valence-corrected chi connectivity index (χ1v) is 5.27. The smallest absolute Gasteiger partial charge is 0.180 e. The molecule has 2 aromatic rings. The minimum atomic E-state index is 0.0694. The molecule has 0 aromatic carbocycles. The van der Waals surface area contributed by atoms with Crippen molar-refractivity contribution in [3.8, 4) is 0 Å². The second-order valence-electron chi connectivity index (χ2n) is 3.31. The molecular formula is C10H15N5O. The number of imidazole rings is 1. The van der Waals surface area contributed by atoms with E-state index in [1.165, 1.54) is 0 Å². The van der Waals surface area contributed by atoms with E-state index in [4.69, 9.17) is 5.11 Å². The van der Waals surface area contributed by atoms with Gasteiger partial charge in [0, 0.05) is 25.5 Å². The molecule has 2 aromatic heterocycles. The first-order valence-electron chi connectivity index (χ1n) is 5.27. The third-order valence-electron chi connectivity index (χ3n) is 2.14. The number of hydrogen-bond donors (Lipinski definition) is 3. The SMILES string of the molecule is CCNc1cn2ccnc2c(NCCO)n1. The van der Waals surface area contributed by atoms with Crippen LogP contribution in [0.1, 0.15) is 6.92 Å². The molecule has 16 heavy (non-hydrogen) atoms. The lowest BCUT2D eigenvalue weighted by atomic mass is 10.5. The van der Waals surface area contributed by atoms with Crippen molar-refractivity contribution in [3.63, 3.8) is 0 Å². The Bertz CT molecular complexity index is 467. The Kier molecular flexibility index (Phi) is 3.21. The summed E-state index contributed by atoms with van der Waals surface area (Å²) >= 11 is 0. The lowest BCUT2D eigenvalue weighted by Gasteiger charge is -2.09. The molecule has 86 valence electrons. The van der Waals surface area contributed by atoms with Crippen LogP contribution in [0.25, 0.3) is 5.65 Å². The number of hydrogen-bond acceptors (Lipinski definition) is 5. The van der Waals surface area contributed by atoms with Crippen LogP contribution in [0.5, 0.6) is 0 Å². The highest BCUT2D eigenvalue weighted by Gasteiger charge is 2.05. The van der Waals surface area contributed by atoms with Gasteiger partial charge in [-0.2, -0.15) is 0 Å². The van der Waals surface area contributed by atoms with Gasteiger partial charge in [-0.25, -0.2) is 9.97 Å². The van der Waals surface area contributed by atoms with E-state index in [1.54, 1.807) is 6.20 Å². The summed E-state index contributed by atoms with van der Waals surface area (Å²) in [5, 5.41) is 15.0. The molecule has 0 spiro atoms. The van der Waals surface area contributed by atoms with Gasteiger partial charge in [-0.1, -0.05) is 0 Å². The van der Waals surface area contributed by atoms with Gasteiger partial charge in [0.15, 0.2) is 11.5 Å². The summed E-state index contributed by atoms with van der Waals surface area (Å²) in [6.45, 7) is 3.36. The molecule has 0 amide bonds. The minimum absolute atomic E-state index is 0.0694. The standard InChI is InChI=1S/C10H15N5O/c1-2-11-8-7-15-5-3-13-10(15)9(14-8)12-4-6-16/h3,5,7,11,16H,2,4,6H2,1H3,(H,12,14). The molecule has 0 saturated carbocycles. The van der Waals surface area contributed by atoms with Crippen molar-refractivity contribution < 1.29 is 5.11 Å². The maximum atomic E-state index is 8.79. The number of rotatable bonds is 5. The van der Waals surface area contributed by atoms with Crippen molar-refractivity contribution in [1.29, 1.82) is 0 Å². The zero-order valence-electron chi connectivity index (χ0n) is 9.14. The molecule has 0 aliphatic carbocycles. The molecule has 3 N–H and O–H groups in total. The van der Waals surface area contributed by atoms with Crippen molar-refractivity contribution in [2.75, 3.05) is 30.3 Å². The van der Waals surface area contributed by atoms with E-state index in [-0.39, 0.29) is 6.61 Å². The molecule has 2 rings (SSSR count). The van der Waals surface area contributed by atoms with E-state index in [1.807, 2.05) is 23.7 Å². The van der Waals surface area contributed by atoms with Crippen molar-refractivity contribution in [1.82, 2.24) is 14.4 Å². The van der Waals surface area contributed by atoms with Gasteiger partial charge in [0.2, 0.25) is 0 Å². The van der Waals surface area contributed by atoms with E-state index in [0.29, 0.717) is 12.4 Å². The topological polar surface area (TPSA) is 74.5 Å². The van der Waals surface area contributed by atoms with Crippen LogP contribution in [0.15, 0.2) is 18.6 Å². The van der Waals surface area contributed by atoms with E-state index in [9.17, 15) is 0 Å².